The number of halogens is 3. The van der Waals surface area contributed by atoms with Gasteiger partial charge in [-0.1, -0.05) is 18.2 Å². The molecule has 23 heavy (non-hydrogen) atoms. The molecule has 2 heterocycles. The van der Waals surface area contributed by atoms with Crippen molar-refractivity contribution < 1.29 is 22.7 Å². The predicted molar refractivity (Wildman–Crippen MR) is 75.0 cm³/mol. The Morgan fingerprint density at radius 1 is 1.39 bits per heavy atom. The van der Waals surface area contributed by atoms with E-state index in [1.807, 2.05) is 6.07 Å². The Hall–Kier alpha value is -2.55. The smallest absolute Gasteiger partial charge is 0.383 e. The molecule has 2 aromatic rings. The van der Waals surface area contributed by atoms with E-state index in [0.717, 1.165) is 0 Å². The van der Waals surface area contributed by atoms with Gasteiger partial charge in [-0.05, 0) is 12.1 Å². The number of carbonyl (C=O) groups excluding carboxylic acids is 1. The molecule has 1 fully saturated rings. The molecule has 1 aromatic carbocycles. The lowest BCUT2D eigenvalue weighted by Gasteiger charge is -2.16. The molecule has 6 nitrogen and oxygen atoms in total. The minimum absolute atomic E-state index is 0.00632. The highest BCUT2D eigenvalue weighted by Gasteiger charge is 2.65. The van der Waals surface area contributed by atoms with Crippen LogP contribution in [0.2, 0.25) is 0 Å². The molecule has 3 rings (SSSR count). The molecule has 0 saturated carbocycles. The molecule has 3 N–H and O–H groups in total. The SMILES string of the molecule is Nc1c(C(=O)NC[C@@]2(C(F)(F)F)CO2)cnn1-c1ccccc1. The van der Waals surface area contributed by atoms with E-state index in [0.29, 0.717) is 5.69 Å². The highest BCUT2D eigenvalue weighted by molar-refractivity contribution is 5.98. The Morgan fingerprint density at radius 2 is 2.04 bits per heavy atom. The van der Waals surface area contributed by atoms with Crippen LogP contribution in [0.5, 0.6) is 0 Å². The van der Waals surface area contributed by atoms with Crippen molar-refractivity contribution in [1.82, 2.24) is 15.1 Å². The molecular formula is C14H13F3N4O2. The van der Waals surface area contributed by atoms with Gasteiger partial charge in [-0.3, -0.25) is 4.79 Å². The number of nitrogens with one attached hydrogen (secondary N) is 1. The van der Waals surface area contributed by atoms with E-state index in [1.165, 1.54) is 10.9 Å². The number of amides is 1. The minimum Gasteiger partial charge on any atom is -0.383 e. The molecule has 1 saturated heterocycles. The summed E-state index contributed by atoms with van der Waals surface area (Å²) >= 11 is 0. The Kier molecular flexibility index (Phi) is 3.52. The third-order valence-electron chi connectivity index (χ3n) is 3.60. The lowest BCUT2D eigenvalue weighted by Crippen LogP contribution is -2.44. The Morgan fingerprint density at radius 3 is 2.61 bits per heavy atom. The molecule has 1 amide bonds. The number of aromatic nitrogens is 2. The third-order valence-corrected chi connectivity index (χ3v) is 3.60. The van der Waals surface area contributed by atoms with Crippen molar-refractivity contribution in [3.05, 3.63) is 42.1 Å². The van der Waals surface area contributed by atoms with Crippen molar-refractivity contribution >= 4 is 11.7 Å². The molecule has 0 radical (unpaired) electrons. The maximum atomic E-state index is 12.7. The first-order valence-corrected chi connectivity index (χ1v) is 6.72. The van der Waals surface area contributed by atoms with Crippen LogP contribution < -0.4 is 11.1 Å². The van der Waals surface area contributed by atoms with E-state index in [2.05, 4.69) is 15.2 Å². The van der Waals surface area contributed by atoms with Crippen LogP contribution >= 0.6 is 0 Å². The first kappa shape index (κ1) is 15.3. The van der Waals surface area contributed by atoms with Crippen molar-refractivity contribution in [3.8, 4) is 5.69 Å². The van der Waals surface area contributed by atoms with E-state index in [-0.39, 0.29) is 11.4 Å². The number of benzene rings is 1. The number of hydrogen-bond donors (Lipinski definition) is 2. The Bertz CT molecular complexity index is 723. The van der Waals surface area contributed by atoms with Crippen LogP contribution in [0.3, 0.4) is 0 Å². The first-order chi connectivity index (χ1) is 10.8. The fourth-order valence-corrected chi connectivity index (χ4v) is 2.08. The number of rotatable bonds is 4. The van der Waals surface area contributed by atoms with Gasteiger partial charge >= 0.3 is 6.18 Å². The number of para-hydroxylation sites is 1. The van der Waals surface area contributed by atoms with Crippen LogP contribution in [-0.4, -0.2) is 40.6 Å². The summed E-state index contributed by atoms with van der Waals surface area (Å²) in [6.07, 6.45) is -3.31. The molecule has 122 valence electrons. The van der Waals surface area contributed by atoms with Crippen molar-refractivity contribution in [2.24, 2.45) is 0 Å². The van der Waals surface area contributed by atoms with Crippen LogP contribution in [-0.2, 0) is 4.74 Å². The number of nitrogens with zero attached hydrogens (tertiary/aromatic N) is 2. The molecule has 0 spiro atoms. The molecule has 1 aliphatic heterocycles. The summed E-state index contributed by atoms with van der Waals surface area (Å²) < 4.78 is 44.0. The number of ether oxygens (including phenoxy) is 1. The van der Waals surface area contributed by atoms with Gasteiger partial charge in [0.05, 0.1) is 25.0 Å². The van der Waals surface area contributed by atoms with Crippen molar-refractivity contribution in [2.45, 2.75) is 11.8 Å². The number of nitrogen functional groups attached to an aromatic ring is 1. The van der Waals surface area contributed by atoms with Crippen molar-refractivity contribution in [3.63, 3.8) is 0 Å². The Balaban J connectivity index is 1.73. The number of carbonyl (C=O) groups is 1. The van der Waals surface area contributed by atoms with Gasteiger partial charge in [-0.15, -0.1) is 0 Å². The normalized spacial score (nSPS) is 20.3. The van der Waals surface area contributed by atoms with Crippen LogP contribution in [0.25, 0.3) is 5.69 Å². The second-order valence-corrected chi connectivity index (χ2v) is 5.15. The number of alkyl halides is 3. The highest BCUT2D eigenvalue weighted by Crippen LogP contribution is 2.43. The van der Waals surface area contributed by atoms with E-state index in [1.54, 1.807) is 24.3 Å². The largest absolute Gasteiger partial charge is 0.421 e. The van der Waals surface area contributed by atoms with E-state index in [4.69, 9.17) is 5.73 Å². The van der Waals surface area contributed by atoms with Gasteiger partial charge in [0.2, 0.25) is 5.60 Å². The van der Waals surface area contributed by atoms with Gasteiger partial charge in [0, 0.05) is 0 Å². The number of anilines is 1. The van der Waals surface area contributed by atoms with Gasteiger partial charge in [0.15, 0.2) is 0 Å². The average molecular weight is 326 g/mol. The third kappa shape index (κ3) is 2.74. The average Bonchev–Trinajstić information content (AvgIpc) is 3.23. The number of hydrogen-bond acceptors (Lipinski definition) is 4. The summed E-state index contributed by atoms with van der Waals surface area (Å²) in [5.74, 6) is -0.685. The van der Waals surface area contributed by atoms with Crippen LogP contribution in [0.1, 0.15) is 10.4 Å². The zero-order valence-corrected chi connectivity index (χ0v) is 11.8. The highest BCUT2D eigenvalue weighted by atomic mass is 19.4. The molecule has 1 aromatic heterocycles. The van der Waals surface area contributed by atoms with Gasteiger partial charge < -0.3 is 15.8 Å². The number of epoxide rings is 1. The predicted octanol–water partition coefficient (Wildman–Crippen LogP) is 1.52. The van der Waals surface area contributed by atoms with Gasteiger partial charge in [0.1, 0.15) is 11.4 Å². The van der Waals surface area contributed by atoms with E-state index >= 15 is 0 Å². The molecule has 1 aliphatic rings. The lowest BCUT2D eigenvalue weighted by atomic mass is 10.1. The zero-order chi connectivity index (χ0) is 16.7. The van der Waals surface area contributed by atoms with Gasteiger partial charge in [-0.25, -0.2) is 4.68 Å². The maximum absolute atomic E-state index is 12.7. The van der Waals surface area contributed by atoms with Crippen LogP contribution in [0.4, 0.5) is 19.0 Å². The zero-order valence-electron chi connectivity index (χ0n) is 11.8. The standard InChI is InChI=1S/C14H13F3N4O2/c15-14(16,17)13(8-23-13)7-19-12(22)10-6-20-21(11(10)18)9-4-2-1-3-5-9/h1-6H,7-8,18H2,(H,19,22)/t13-/m0/s1. The van der Waals surface area contributed by atoms with Crippen molar-refractivity contribution in [1.29, 1.82) is 0 Å². The van der Waals surface area contributed by atoms with Gasteiger partial charge in [0.25, 0.3) is 5.91 Å². The monoisotopic (exact) mass is 326 g/mol. The molecule has 9 heteroatoms. The molecule has 0 unspecified atom stereocenters. The summed E-state index contributed by atoms with van der Waals surface area (Å²) in [6, 6.07) is 8.83. The summed E-state index contributed by atoms with van der Waals surface area (Å²) in [6.45, 7) is -1.12. The van der Waals surface area contributed by atoms with Crippen molar-refractivity contribution in [2.75, 3.05) is 18.9 Å². The quantitative estimate of drug-likeness (QED) is 0.834. The Labute approximate surface area is 129 Å². The topological polar surface area (TPSA) is 85.5 Å². The molecule has 1 atom stereocenters. The summed E-state index contributed by atoms with van der Waals surface area (Å²) in [7, 11) is 0. The first-order valence-electron chi connectivity index (χ1n) is 6.72. The maximum Gasteiger partial charge on any atom is 0.421 e. The lowest BCUT2D eigenvalue weighted by molar-refractivity contribution is -0.181. The summed E-state index contributed by atoms with van der Waals surface area (Å²) in [5.41, 5.74) is 4.22. The summed E-state index contributed by atoms with van der Waals surface area (Å²) in [5, 5.41) is 6.19. The second-order valence-electron chi connectivity index (χ2n) is 5.15. The van der Waals surface area contributed by atoms with Gasteiger partial charge in [-0.2, -0.15) is 18.3 Å². The van der Waals surface area contributed by atoms with Crippen LogP contribution in [0.15, 0.2) is 36.5 Å². The molecule has 0 aliphatic carbocycles. The second kappa shape index (κ2) is 5.27. The van der Waals surface area contributed by atoms with E-state index < -0.39 is 30.8 Å². The fourth-order valence-electron chi connectivity index (χ4n) is 2.08. The number of nitrogens with two attached hydrogens (primary N) is 1. The fraction of sp³-hybridized carbons (Fsp3) is 0.286. The molecule has 0 bridgehead atoms. The molecular weight excluding hydrogens is 313 g/mol. The summed E-state index contributed by atoms with van der Waals surface area (Å²) in [4.78, 5) is 12.0. The minimum atomic E-state index is -4.53. The van der Waals surface area contributed by atoms with E-state index in [9.17, 15) is 18.0 Å². The van der Waals surface area contributed by atoms with Crippen LogP contribution in [0, 0.1) is 0 Å².